The summed E-state index contributed by atoms with van der Waals surface area (Å²) < 4.78 is 36.0. The van der Waals surface area contributed by atoms with Gasteiger partial charge in [0.1, 0.15) is 12.5 Å². The third-order valence-electron chi connectivity index (χ3n) is 1.59. The van der Waals surface area contributed by atoms with Crippen LogP contribution in [0.15, 0.2) is 5.10 Å². The molecule has 0 fully saturated rings. The van der Waals surface area contributed by atoms with Gasteiger partial charge < -0.3 is 0 Å². The molecule has 1 atom stereocenters. The van der Waals surface area contributed by atoms with Gasteiger partial charge in [-0.3, -0.25) is 9.91 Å². The first-order valence-corrected chi connectivity index (χ1v) is 3.05. The summed E-state index contributed by atoms with van der Waals surface area (Å²) in [6.45, 7) is 1.43. The SMILES string of the molecule is CC1N(C)N=CN1C(F)(F)F. The van der Waals surface area contributed by atoms with Crippen molar-refractivity contribution in [3.05, 3.63) is 0 Å². The quantitative estimate of drug-likeness (QED) is 0.502. The fraction of sp³-hybridized carbons (Fsp3) is 0.800. The molecule has 1 rings (SSSR count). The van der Waals surface area contributed by atoms with Gasteiger partial charge in [-0.25, -0.2) is 0 Å². The molecule has 1 aliphatic rings. The van der Waals surface area contributed by atoms with Crippen LogP contribution < -0.4 is 0 Å². The first-order chi connectivity index (χ1) is 4.93. The van der Waals surface area contributed by atoms with Crippen LogP contribution in [-0.2, 0) is 0 Å². The van der Waals surface area contributed by atoms with Gasteiger partial charge >= 0.3 is 6.30 Å². The highest BCUT2D eigenvalue weighted by Crippen LogP contribution is 2.25. The maximum Gasteiger partial charge on any atom is 0.487 e. The summed E-state index contributed by atoms with van der Waals surface area (Å²) in [5.74, 6) is 0. The number of alkyl halides is 3. The molecule has 0 amide bonds. The van der Waals surface area contributed by atoms with Gasteiger partial charge in [0.25, 0.3) is 0 Å². The molecule has 0 N–H and O–H groups in total. The smallest absolute Gasteiger partial charge is 0.276 e. The normalized spacial score (nSPS) is 25.0. The molecule has 1 unspecified atom stereocenters. The van der Waals surface area contributed by atoms with Crippen molar-refractivity contribution >= 4 is 6.34 Å². The number of nitrogens with zero attached hydrogens (tertiary/aromatic N) is 3. The van der Waals surface area contributed by atoms with Crippen LogP contribution in [-0.4, -0.2) is 35.8 Å². The Labute approximate surface area is 62.1 Å². The van der Waals surface area contributed by atoms with Crippen LogP contribution in [0.2, 0.25) is 0 Å². The van der Waals surface area contributed by atoms with Gasteiger partial charge in [0.2, 0.25) is 0 Å². The Bertz CT molecular complexity index is 176. The molecule has 3 nitrogen and oxygen atoms in total. The molecule has 0 aromatic heterocycles. The average Bonchev–Trinajstić information content (AvgIpc) is 2.11. The lowest BCUT2D eigenvalue weighted by Crippen LogP contribution is -2.44. The second kappa shape index (κ2) is 2.28. The van der Waals surface area contributed by atoms with Gasteiger partial charge in [0.05, 0.1) is 0 Å². The van der Waals surface area contributed by atoms with Crippen LogP contribution in [0.5, 0.6) is 0 Å². The molecule has 64 valence electrons. The molecule has 0 saturated heterocycles. The van der Waals surface area contributed by atoms with E-state index in [-0.39, 0.29) is 4.90 Å². The Balaban J connectivity index is 2.70. The Morgan fingerprint density at radius 1 is 1.45 bits per heavy atom. The Hall–Kier alpha value is -0.940. The molecular formula is C5H8F3N3. The second-order valence-electron chi connectivity index (χ2n) is 2.31. The predicted octanol–water partition coefficient (Wildman–Crippen LogP) is 1.04. The van der Waals surface area contributed by atoms with Crippen LogP contribution in [0.4, 0.5) is 13.2 Å². The van der Waals surface area contributed by atoms with E-state index in [4.69, 9.17) is 0 Å². The zero-order valence-corrected chi connectivity index (χ0v) is 6.13. The molecule has 1 aliphatic heterocycles. The Kier molecular flexibility index (Phi) is 1.69. The third-order valence-corrected chi connectivity index (χ3v) is 1.59. The summed E-state index contributed by atoms with van der Waals surface area (Å²) >= 11 is 0. The summed E-state index contributed by atoms with van der Waals surface area (Å²) in [4.78, 5) is 0.243. The van der Waals surface area contributed by atoms with Gasteiger partial charge in [-0.05, 0) is 6.92 Å². The molecule has 0 spiro atoms. The molecule has 0 aliphatic carbocycles. The molecule has 0 radical (unpaired) electrons. The predicted molar refractivity (Wildman–Crippen MR) is 33.6 cm³/mol. The fourth-order valence-corrected chi connectivity index (χ4v) is 0.787. The van der Waals surface area contributed by atoms with E-state index in [1.807, 2.05) is 0 Å². The molecule has 0 aromatic carbocycles. The maximum atomic E-state index is 12.0. The zero-order chi connectivity index (χ0) is 8.65. The highest BCUT2D eigenvalue weighted by molar-refractivity contribution is 5.57. The number of hydrogen-bond donors (Lipinski definition) is 0. The molecule has 0 bridgehead atoms. The van der Waals surface area contributed by atoms with Gasteiger partial charge in [0, 0.05) is 7.05 Å². The average molecular weight is 167 g/mol. The zero-order valence-electron chi connectivity index (χ0n) is 6.13. The van der Waals surface area contributed by atoms with Crippen LogP contribution in [0, 0.1) is 0 Å². The highest BCUT2D eigenvalue weighted by Gasteiger charge is 2.42. The second-order valence-corrected chi connectivity index (χ2v) is 2.31. The summed E-state index contributed by atoms with van der Waals surface area (Å²) in [6, 6.07) is 0. The molecule has 0 saturated carbocycles. The van der Waals surface area contributed by atoms with E-state index in [1.165, 1.54) is 19.0 Å². The van der Waals surface area contributed by atoms with Crippen molar-refractivity contribution < 1.29 is 13.2 Å². The molecule has 1 heterocycles. The van der Waals surface area contributed by atoms with Crippen LogP contribution >= 0.6 is 0 Å². The van der Waals surface area contributed by atoms with Gasteiger partial charge in [0.15, 0.2) is 0 Å². The number of hydrogen-bond acceptors (Lipinski definition) is 3. The molecular weight excluding hydrogens is 159 g/mol. The van der Waals surface area contributed by atoms with Gasteiger partial charge in [-0.15, -0.1) is 13.2 Å². The highest BCUT2D eigenvalue weighted by atomic mass is 19.4. The van der Waals surface area contributed by atoms with Gasteiger partial charge in [-0.2, -0.15) is 5.10 Å². The van der Waals surface area contributed by atoms with Crippen molar-refractivity contribution in [2.75, 3.05) is 7.05 Å². The summed E-state index contributed by atoms with van der Waals surface area (Å²) in [5.41, 5.74) is 0. The van der Waals surface area contributed by atoms with Gasteiger partial charge in [-0.1, -0.05) is 0 Å². The van der Waals surface area contributed by atoms with Crippen molar-refractivity contribution in [2.24, 2.45) is 5.10 Å². The van der Waals surface area contributed by atoms with Crippen molar-refractivity contribution in [1.82, 2.24) is 9.91 Å². The van der Waals surface area contributed by atoms with E-state index in [0.29, 0.717) is 0 Å². The maximum absolute atomic E-state index is 12.0. The van der Waals surface area contributed by atoms with E-state index in [9.17, 15) is 13.2 Å². The van der Waals surface area contributed by atoms with Crippen LogP contribution in [0.3, 0.4) is 0 Å². The first-order valence-electron chi connectivity index (χ1n) is 3.05. The fourth-order valence-electron chi connectivity index (χ4n) is 0.787. The minimum Gasteiger partial charge on any atom is -0.276 e. The van der Waals surface area contributed by atoms with Crippen molar-refractivity contribution in [2.45, 2.75) is 19.4 Å². The van der Waals surface area contributed by atoms with E-state index in [1.54, 1.807) is 0 Å². The number of rotatable bonds is 0. The standard InChI is InChI=1S/C5H8F3N3/c1-4-10(2)9-3-11(4)5(6,7)8/h3-4H,1-2H3. The number of hydrazone groups is 1. The Morgan fingerprint density at radius 3 is 2.18 bits per heavy atom. The van der Waals surface area contributed by atoms with E-state index in [2.05, 4.69) is 5.10 Å². The molecule has 0 aromatic rings. The summed E-state index contributed by atoms with van der Waals surface area (Å²) in [7, 11) is 1.49. The van der Waals surface area contributed by atoms with Crippen LogP contribution in [0.1, 0.15) is 6.92 Å². The summed E-state index contributed by atoms with van der Waals surface area (Å²) in [6.07, 6.45) is -4.28. The topological polar surface area (TPSA) is 18.8 Å². The monoisotopic (exact) mass is 167 g/mol. The first kappa shape index (κ1) is 8.16. The largest absolute Gasteiger partial charge is 0.487 e. The minimum absolute atomic E-state index is 0.243. The van der Waals surface area contributed by atoms with Crippen LogP contribution in [0.25, 0.3) is 0 Å². The van der Waals surface area contributed by atoms with Crippen molar-refractivity contribution in [1.29, 1.82) is 0 Å². The minimum atomic E-state index is -4.33. The molecule has 6 heteroatoms. The van der Waals surface area contributed by atoms with Crippen molar-refractivity contribution in [3.8, 4) is 0 Å². The lowest BCUT2D eigenvalue weighted by molar-refractivity contribution is -0.231. The Morgan fingerprint density at radius 2 is 2.00 bits per heavy atom. The molecule has 11 heavy (non-hydrogen) atoms. The lowest BCUT2D eigenvalue weighted by atomic mass is 10.5. The van der Waals surface area contributed by atoms with Crippen molar-refractivity contribution in [3.63, 3.8) is 0 Å². The summed E-state index contributed by atoms with van der Waals surface area (Å²) in [5, 5.41) is 4.72. The van der Waals surface area contributed by atoms with E-state index < -0.39 is 12.5 Å². The number of halogens is 3. The van der Waals surface area contributed by atoms with E-state index in [0.717, 1.165) is 6.34 Å². The lowest BCUT2D eigenvalue weighted by Gasteiger charge is -2.25. The van der Waals surface area contributed by atoms with E-state index >= 15 is 0 Å². The third kappa shape index (κ3) is 1.38.